The van der Waals surface area contributed by atoms with Gasteiger partial charge in [-0.2, -0.15) is 5.26 Å². The van der Waals surface area contributed by atoms with E-state index in [1.165, 1.54) is 0 Å². The Labute approximate surface area is 133 Å². The minimum atomic E-state index is -0.462. The standard InChI is InChI=1S/C16H28N4O2/c1-15(2,3)22-14(21)19-9-11-20(12-10-19)16(13-17)5-7-18(4)8-6-16/h5-12H2,1-4H3. The molecule has 0 spiro atoms. The first-order valence-electron chi connectivity index (χ1n) is 8.08. The number of amides is 1. The van der Waals surface area contributed by atoms with Gasteiger partial charge in [-0.25, -0.2) is 4.79 Å². The summed E-state index contributed by atoms with van der Waals surface area (Å²) in [5, 5.41) is 9.69. The highest BCUT2D eigenvalue weighted by Crippen LogP contribution is 2.29. The van der Waals surface area contributed by atoms with Crippen molar-refractivity contribution >= 4 is 6.09 Å². The molecule has 2 fully saturated rings. The average molecular weight is 308 g/mol. The van der Waals surface area contributed by atoms with Crippen molar-refractivity contribution in [2.75, 3.05) is 46.3 Å². The summed E-state index contributed by atoms with van der Waals surface area (Å²) in [6, 6.07) is 2.55. The van der Waals surface area contributed by atoms with E-state index in [9.17, 15) is 10.1 Å². The maximum atomic E-state index is 12.1. The molecular formula is C16H28N4O2. The Balaban J connectivity index is 1.91. The fraction of sp³-hybridized carbons (Fsp3) is 0.875. The number of hydrogen-bond acceptors (Lipinski definition) is 5. The number of carbonyl (C=O) groups is 1. The van der Waals surface area contributed by atoms with Crippen molar-refractivity contribution in [1.29, 1.82) is 5.26 Å². The fourth-order valence-electron chi connectivity index (χ4n) is 3.13. The molecule has 0 unspecified atom stereocenters. The number of likely N-dealkylation sites (tertiary alicyclic amines) is 1. The molecular weight excluding hydrogens is 280 g/mol. The highest BCUT2D eigenvalue weighted by molar-refractivity contribution is 5.68. The summed E-state index contributed by atoms with van der Waals surface area (Å²) >= 11 is 0. The molecule has 22 heavy (non-hydrogen) atoms. The van der Waals surface area contributed by atoms with E-state index in [1.54, 1.807) is 4.90 Å². The lowest BCUT2D eigenvalue weighted by Gasteiger charge is -2.47. The maximum absolute atomic E-state index is 12.1. The number of rotatable bonds is 1. The molecule has 0 aromatic heterocycles. The molecule has 0 atom stereocenters. The van der Waals surface area contributed by atoms with Gasteiger partial charge in [-0.3, -0.25) is 4.90 Å². The summed E-state index contributed by atoms with van der Waals surface area (Å²) in [5.41, 5.74) is -0.817. The number of piperidine rings is 1. The molecule has 1 amide bonds. The minimum absolute atomic E-state index is 0.249. The molecule has 0 saturated carbocycles. The second-order valence-corrected chi connectivity index (χ2v) is 7.40. The van der Waals surface area contributed by atoms with Crippen molar-refractivity contribution in [3.05, 3.63) is 0 Å². The highest BCUT2D eigenvalue weighted by Gasteiger charge is 2.41. The van der Waals surface area contributed by atoms with Gasteiger partial charge in [0.15, 0.2) is 0 Å². The molecule has 0 aromatic rings. The number of ether oxygens (including phenoxy) is 1. The lowest BCUT2D eigenvalue weighted by molar-refractivity contribution is -0.00432. The van der Waals surface area contributed by atoms with Crippen molar-refractivity contribution in [3.63, 3.8) is 0 Å². The van der Waals surface area contributed by atoms with Crippen LogP contribution in [-0.4, -0.2) is 78.2 Å². The molecule has 2 aliphatic heterocycles. The Morgan fingerprint density at radius 1 is 1.09 bits per heavy atom. The monoisotopic (exact) mass is 308 g/mol. The number of nitriles is 1. The molecule has 0 bridgehead atoms. The van der Waals surface area contributed by atoms with Crippen LogP contribution >= 0.6 is 0 Å². The smallest absolute Gasteiger partial charge is 0.410 e. The van der Waals surface area contributed by atoms with E-state index in [0.29, 0.717) is 13.1 Å². The Hall–Kier alpha value is -1.32. The van der Waals surface area contributed by atoms with E-state index >= 15 is 0 Å². The summed E-state index contributed by atoms with van der Waals surface area (Å²) in [6.07, 6.45) is 1.51. The molecule has 2 aliphatic rings. The molecule has 0 aromatic carbocycles. The summed E-state index contributed by atoms with van der Waals surface area (Å²) in [7, 11) is 2.10. The van der Waals surface area contributed by atoms with Crippen LogP contribution in [0.25, 0.3) is 0 Å². The lowest BCUT2D eigenvalue weighted by atomic mass is 9.86. The normalized spacial score (nSPS) is 23.9. The first-order chi connectivity index (χ1) is 10.3. The van der Waals surface area contributed by atoms with E-state index in [0.717, 1.165) is 39.0 Å². The van der Waals surface area contributed by atoms with Gasteiger partial charge >= 0.3 is 6.09 Å². The minimum Gasteiger partial charge on any atom is -0.444 e. The van der Waals surface area contributed by atoms with Gasteiger partial charge in [0.2, 0.25) is 0 Å². The van der Waals surface area contributed by atoms with Crippen LogP contribution in [0.1, 0.15) is 33.6 Å². The Morgan fingerprint density at radius 2 is 1.64 bits per heavy atom. The summed E-state index contributed by atoms with van der Waals surface area (Å²) in [6.45, 7) is 10.3. The third kappa shape index (κ3) is 3.90. The lowest BCUT2D eigenvalue weighted by Crippen LogP contribution is -2.60. The van der Waals surface area contributed by atoms with Gasteiger partial charge in [-0.1, -0.05) is 0 Å². The van der Waals surface area contributed by atoms with Crippen LogP contribution in [0.3, 0.4) is 0 Å². The van der Waals surface area contributed by atoms with Gasteiger partial charge in [0.05, 0.1) is 6.07 Å². The number of nitrogens with zero attached hydrogens (tertiary/aromatic N) is 4. The van der Waals surface area contributed by atoms with Crippen LogP contribution < -0.4 is 0 Å². The van der Waals surface area contributed by atoms with Crippen LogP contribution in [0.15, 0.2) is 0 Å². The topological polar surface area (TPSA) is 59.8 Å². The van der Waals surface area contributed by atoms with Gasteiger partial charge in [-0.15, -0.1) is 0 Å². The molecule has 6 nitrogen and oxygen atoms in total. The van der Waals surface area contributed by atoms with Crippen LogP contribution in [0.2, 0.25) is 0 Å². The number of piperazine rings is 1. The molecule has 0 N–H and O–H groups in total. The Bertz CT molecular complexity index is 436. The zero-order valence-corrected chi connectivity index (χ0v) is 14.3. The van der Waals surface area contributed by atoms with E-state index in [-0.39, 0.29) is 11.6 Å². The summed E-state index contributed by atoms with van der Waals surface area (Å²) in [4.78, 5) is 18.4. The second-order valence-electron chi connectivity index (χ2n) is 7.40. The number of hydrogen-bond donors (Lipinski definition) is 0. The Morgan fingerprint density at radius 3 is 2.09 bits per heavy atom. The SMILES string of the molecule is CN1CCC(C#N)(N2CCN(C(=O)OC(C)(C)C)CC2)CC1. The maximum Gasteiger partial charge on any atom is 0.410 e. The molecule has 2 saturated heterocycles. The van der Waals surface area contributed by atoms with Crippen LogP contribution in [-0.2, 0) is 4.74 Å². The van der Waals surface area contributed by atoms with Crippen LogP contribution in [0, 0.1) is 11.3 Å². The molecule has 6 heteroatoms. The van der Waals surface area contributed by atoms with Crippen molar-refractivity contribution < 1.29 is 9.53 Å². The zero-order chi connectivity index (χ0) is 16.4. The van der Waals surface area contributed by atoms with E-state index in [4.69, 9.17) is 4.74 Å². The third-order valence-corrected chi connectivity index (χ3v) is 4.56. The molecule has 124 valence electrons. The first-order valence-corrected chi connectivity index (χ1v) is 8.08. The zero-order valence-electron chi connectivity index (χ0n) is 14.3. The molecule has 0 radical (unpaired) electrons. The number of carbonyl (C=O) groups excluding carboxylic acids is 1. The first kappa shape index (κ1) is 17.0. The van der Waals surface area contributed by atoms with Gasteiger partial charge < -0.3 is 14.5 Å². The van der Waals surface area contributed by atoms with E-state index in [2.05, 4.69) is 22.9 Å². The fourth-order valence-corrected chi connectivity index (χ4v) is 3.13. The van der Waals surface area contributed by atoms with Crippen molar-refractivity contribution in [3.8, 4) is 6.07 Å². The second kappa shape index (κ2) is 6.43. The summed E-state index contributed by atoms with van der Waals surface area (Å²) < 4.78 is 5.42. The Kier molecular flexibility index (Phi) is 4.98. The molecule has 2 heterocycles. The van der Waals surface area contributed by atoms with Crippen molar-refractivity contribution in [2.24, 2.45) is 0 Å². The third-order valence-electron chi connectivity index (χ3n) is 4.56. The van der Waals surface area contributed by atoms with Gasteiger partial charge in [0.25, 0.3) is 0 Å². The summed E-state index contributed by atoms with van der Waals surface area (Å²) in [5.74, 6) is 0. The molecule has 2 rings (SSSR count). The predicted molar refractivity (Wildman–Crippen MR) is 84.5 cm³/mol. The van der Waals surface area contributed by atoms with E-state index < -0.39 is 5.60 Å². The van der Waals surface area contributed by atoms with Crippen LogP contribution in [0.5, 0.6) is 0 Å². The van der Waals surface area contributed by atoms with Gasteiger partial charge in [-0.05, 0) is 40.7 Å². The average Bonchev–Trinajstić information content (AvgIpc) is 2.47. The van der Waals surface area contributed by atoms with Crippen LogP contribution in [0.4, 0.5) is 4.79 Å². The van der Waals surface area contributed by atoms with Gasteiger partial charge in [0.1, 0.15) is 11.1 Å². The van der Waals surface area contributed by atoms with E-state index in [1.807, 2.05) is 20.8 Å². The quantitative estimate of drug-likeness (QED) is 0.735. The van der Waals surface area contributed by atoms with Gasteiger partial charge in [0, 0.05) is 39.3 Å². The largest absolute Gasteiger partial charge is 0.444 e. The predicted octanol–water partition coefficient (Wildman–Crippen LogP) is 1.53. The van der Waals surface area contributed by atoms with Crippen molar-refractivity contribution in [2.45, 2.75) is 44.8 Å². The highest BCUT2D eigenvalue weighted by atomic mass is 16.6. The van der Waals surface area contributed by atoms with Crippen molar-refractivity contribution in [1.82, 2.24) is 14.7 Å². The molecule has 0 aliphatic carbocycles.